The Morgan fingerprint density at radius 2 is 1.82 bits per heavy atom. The van der Waals surface area contributed by atoms with E-state index in [1.807, 2.05) is 31.2 Å². The molecular formula is C22H26Cl2N2O2. The first-order valence-electron chi connectivity index (χ1n) is 9.63. The van der Waals surface area contributed by atoms with Crippen LogP contribution in [-0.2, 0) is 17.9 Å². The minimum Gasteiger partial charge on any atom is -0.489 e. The molecule has 1 aliphatic heterocycles. The molecule has 0 aromatic heterocycles. The van der Waals surface area contributed by atoms with E-state index in [0.29, 0.717) is 16.7 Å². The number of carbonyl (C=O) groups is 1. The molecule has 150 valence electrons. The number of hydrogen-bond donors (Lipinski definition) is 1. The van der Waals surface area contributed by atoms with Crippen LogP contribution in [0, 0.1) is 5.92 Å². The second kappa shape index (κ2) is 9.64. The van der Waals surface area contributed by atoms with Crippen molar-refractivity contribution in [1.29, 1.82) is 0 Å². The molecule has 6 heteroatoms. The Balaban J connectivity index is 1.43. The van der Waals surface area contributed by atoms with Gasteiger partial charge in [0.1, 0.15) is 12.4 Å². The molecule has 0 aliphatic carbocycles. The number of hydrogen-bond acceptors (Lipinski definition) is 3. The standard InChI is InChI=1S/C22H26Cl2N2O2/c1-3-15(2)25-22(27)18-12-26(13-18)11-16-4-7-19(8-5-16)28-14-17-6-9-20(23)21(24)10-17/h4-10,15,18H,3,11-14H2,1-2H3,(H,25,27)/t15-/m0/s1. The van der Waals surface area contributed by atoms with E-state index in [1.165, 1.54) is 5.56 Å². The molecule has 2 aromatic rings. The number of carbonyl (C=O) groups excluding carboxylic acids is 1. The third-order valence-corrected chi connectivity index (χ3v) is 5.79. The van der Waals surface area contributed by atoms with Crippen LogP contribution in [0.25, 0.3) is 0 Å². The molecule has 1 fully saturated rings. The van der Waals surface area contributed by atoms with E-state index < -0.39 is 0 Å². The Kier molecular flexibility index (Phi) is 7.22. The highest BCUT2D eigenvalue weighted by Crippen LogP contribution is 2.24. The van der Waals surface area contributed by atoms with Crippen LogP contribution in [0.2, 0.25) is 10.0 Å². The van der Waals surface area contributed by atoms with E-state index in [0.717, 1.165) is 37.4 Å². The Hall–Kier alpha value is -1.75. The van der Waals surface area contributed by atoms with Crippen LogP contribution in [-0.4, -0.2) is 29.9 Å². The monoisotopic (exact) mass is 420 g/mol. The Bertz CT molecular complexity index is 805. The van der Waals surface area contributed by atoms with Gasteiger partial charge in [0.05, 0.1) is 16.0 Å². The van der Waals surface area contributed by atoms with Crippen molar-refractivity contribution in [3.63, 3.8) is 0 Å². The maximum Gasteiger partial charge on any atom is 0.225 e. The molecule has 3 rings (SSSR count). The first kappa shape index (κ1) is 21.0. The van der Waals surface area contributed by atoms with Crippen LogP contribution in [0.4, 0.5) is 0 Å². The first-order chi connectivity index (χ1) is 13.4. The number of ether oxygens (including phenoxy) is 1. The van der Waals surface area contributed by atoms with Gasteiger partial charge in [0.15, 0.2) is 0 Å². The Labute approximate surface area is 176 Å². The van der Waals surface area contributed by atoms with E-state index in [1.54, 1.807) is 6.07 Å². The fraction of sp³-hybridized carbons (Fsp3) is 0.409. The lowest BCUT2D eigenvalue weighted by molar-refractivity contribution is -0.131. The van der Waals surface area contributed by atoms with Crippen molar-refractivity contribution in [3.05, 3.63) is 63.6 Å². The fourth-order valence-electron chi connectivity index (χ4n) is 3.07. The molecule has 1 saturated heterocycles. The minimum atomic E-state index is 0.114. The average Bonchev–Trinajstić information content (AvgIpc) is 2.66. The topological polar surface area (TPSA) is 41.6 Å². The smallest absolute Gasteiger partial charge is 0.225 e. The van der Waals surface area contributed by atoms with Gasteiger partial charge in [0.2, 0.25) is 5.91 Å². The van der Waals surface area contributed by atoms with Crippen molar-refractivity contribution in [2.45, 2.75) is 39.5 Å². The molecule has 0 bridgehead atoms. The summed E-state index contributed by atoms with van der Waals surface area (Å²) in [6, 6.07) is 13.8. The molecule has 1 N–H and O–H groups in total. The van der Waals surface area contributed by atoms with E-state index in [4.69, 9.17) is 27.9 Å². The highest BCUT2D eigenvalue weighted by molar-refractivity contribution is 6.42. The van der Waals surface area contributed by atoms with Gasteiger partial charge in [-0.3, -0.25) is 9.69 Å². The van der Waals surface area contributed by atoms with Gasteiger partial charge in [-0.25, -0.2) is 0 Å². The molecule has 1 atom stereocenters. The molecule has 1 heterocycles. The van der Waals surface area contributed by atoms with Gasteiger partial charge in [-0.15, -0.1) is 0 Å². The summed E-state index contributed by atoms with van der Waals surface area (Å²) in [5.41, 5.74) is 2.18. The lowest BCUT2D eigenvalue weighted by Gasteiger charge is -2.38. The molecule has 2 aromatic carbocycles. The van der Waals surface area contributed by atoms with Crippen molar-refractivity contribution in [1.82, 2.24) is 10.2 Å². The third-order valence-electron chi connectivity index (χ3n) is 5.05. The second-order valence-corrected chi connectivity index (χ2v) is 8.20. The van der Waals surface area contributed by atoms with Gasteiger partial charge >= 0.3 is 0 Å². The van der Waals surface area contributed by atoms with Crippen LogP contribution >= 0.6 is 23.2 Å². The highest BCUT2D eigenvalue weighted by Gasteiger charge is 2.32. The van der Waals surface area contributed by atoms with Crippen LogP contribution in [0.1, 0.15) is 31.4 Å². The first-order valence-corrected chi connectivity index (χ1v) is 10.4. The predicted molar refractivity (Wildman–Crippen MR) is 114 cm³/mol. The normalized spacial score (nSPS) is 15.7. The zero-order valence-corrected chi connectivity index (χ0v) is 17.8. The summed E-state index contributed by atoms with van der Waals surface area (Å²) in [6.07, 6.45) is 0.960. The zero-order chi connectivity index (χ0) is 20.1. The number of halogens is 2. The summed E-state index contributed by atoms with van der Waals surface area (Å²) in [6.45, 7) is 7.04. The van der Waals surface area contributed by atoms with Crippen molar-refractivity contribution < 1.29 is 9.53 Å². The number of amides is 1. The molecule has 0 spiro atoms. The molecule has 0 saturated carbocycles. The van der Waals surface area contributed by atoms with Gasteiger partial charge in [0.25, 0.3) is 0 Å². The minimum absolute atomic E-state index is 0.114. The van der Waals surface area contributed by atoms with E-state index in [2.05, 4.69) is 29.3 Å². The molecule has 28 heavy (non-hydrogen) atoms. The second-order valence-electron chi connectivity index (χ2n) is 7.39. The summed E-state index contributed by atoms with van der Waals surface area (Å²) < 4.78 is 5.82. The van der Waals surface area contributed by atoms with Gasteiger partial charge < -0.3 is 10.1 Å². The van der Waals surface area contributed by atoms with Crippen molar-refractivity contribution in [3.8, 4) is 5.75 Å². The van der Waals surface area contributed by atoms with Gasteiger partial charge in [0, 0.05) is 25.7 Å². The van der Waals surface area contributed by atoms with Gasteiger partial charge in [-0.1, -0.05) is 48.3 Å². The SMILES string of the molecule is CC[C@H](C)NC(=O)C1CN(Cc2ccc(OCc3ccc(Cl)c(Cl)c3)cc2)C1. The third kappa shape index (κ3) is 5.63. The van der Waals surface area contributed by atoms with Crippen molar-refractivity contribution in [2.75, 3.05) is 13.1 Å². The van der Waals surface area contributed by atoms with Crippen LogP contribution < -0.4 is 10.1 Å². The Morgan fingerprint density at radius 1 is 1.14 bits per heavy atom. The fourth-order valence-corrected chi connectivity index (χ4v) is 3.39. The van der Waals surface area contributed by atoms with Crippen molar-refractivity contribution >= 4 is 29.1 Å². The maximum absolute atomic E-state index is 12.1. The van der Waals surface area contributed by atoms with Crippen LogP contribution in [0.3, 0.4) is 0 Å². The van der Waals surface area contributed by atoms with Gasteiger partial charge in [-0.05, 0) is 48.7 Å². The number of rotatable bonds is 8. The summed E-state index contributed by atoms with van der Waals surface area (Å²) in [5, 5.41) is 4.13. The zero-order valence-electron chi connectivity index (χ0n) is 16.3. The predicted octanol–water partition coefficient (Wildman–Crippen LogP) is 4.92. The molecule has 0 unspecified atom stereocenters. The van der Waals surface area contributed by atoms with E-state index in [9.17, 15) is 4.79 Å². The number of likely N-dealkylation sites (tertiary alicyclic amines) is 1. The van der Waals surface area contributed by atoms with Crippen molar-refractivity contribution in [2.24, 2.45) is 5.92 Å². The average molecular weight is 421 g/mol. The number of nitrogens with one attached hydrogen (secondary N) is 1. The van der Waals surface area contributed by atoms with E-state index in [-0.39, 0.29) is 17.9 Å². The molecule has 1 amide bonds. The molecule has 4 nitrogen and oxygen atoms in total. The van der Waals surface area contributed by atoms with Crippen LogP contribution in [0.5, 0.6) is 5.75 Å². The number of nitrogens with zero attached hydrogens (tertiary/aromatic N) is 1. The summed E-state index contributed by atoms with van der Waals surface area (Å²) in [4.78, 5) is 14.4. The largest absolute Gasteiger partial charge is 0.489 e. The summed E-state index contributed by atoms with van der Waals surface area (Å²) >= 11 is 12.0. The maximum atomic E-state index is 12.1. The lowest BCUT2D eigenvalue weighted by atomic mass is 9.97. The number of benzene rings is 2. The summed E-state index contributed by atoms with van der Waals surface area (Å²) in [7, 11) is 0. The summed E-state index contributed by atoms with van der Waals surface area (Å²) in [5.74, 6) is 1.10. The lowest BCUT2D eigenvalue weighted by Crippen LogP contribution is -2.54. The van der Waals surface area contributed by atoms with E-state index >= 15 is 0 Å². The quantitative estimate of drug-likeness (QED) is 0.658. The Morgan fingerprint density at radius 3 is 2.46 bits per heavy atom. The van der Waals surface area contributed by atoms with Crippen LogP contribution in [0.15, 0.2) is 42.5 Å². The molecule has 1 aliphatic rings. The molecular weight excluding hydrogens is 395 g/mol. The highest BCUT2D eigenvalue weighted by atomic mass is 35.5. The van der Waals surface area contributed by atoms with Gasteiger partial charge in [-0.2, -0.15) is 0 Å². The molecule has 0 radical (unpaired) electrons.